The van der Waals surface area contributed by atoms with Crippen LogP contribution in [0.2, 0.25) is 10.0 Å². The lowest BCUT2D eigenvalue weighted by molar-refractivity contribution is 0.102. The van der Waals surface area contributed by atoms with Crippen molar-refractivity contribution in [2.75, 3.05) is 30.4 Å². The van der Waals surface area contributed by atoms with E-state index in [2.05, 4.69) is 25.5 Å². The Kier molecular flexibility index (Phi) is 6.97. The van der Waals surface area contributed by atoms with E-state index in [1.807, 2.05) is 13.1 Å². The van der Waals surface area contributed by atoms with E-state index in [1.54, 1.807) is 12.3 Å². The van der Waals surface area contributed by atoms with Crippen LogP contribution in [0.1, 0.15) is 39.3 Å². The molecule has 1 aromatic carbocycles. The molecule has 0 unspecified atom stereocenters. The first-order valence-corrected chi connectivity index (χ1v) is 11.2. The predicted octanol–water partition coefficient (Wildman–Crippen LogP) is 4.53. The molecule has 3 heterocycles. The van der Waals surface area contributed by atoms with Crippen molar-refractivity contribution in [2.45, 2.75) is 18.9 Å². The van der Waals surface area contributed by atoms with Crippen LogP contribution in [0.15, 0.2) is 42.7 Å². The summed E-state index contributed by atoms with van der Waals surface area (Å²) in [6.07, 6.45) is 5.01. The smallest absolute Gasteiger partial charge is 0.272 e. The molecule has 0 radical (unpaired) electrons. The fourth-order valence-corrected chi connectivity index (χ4v) is 4.17. The fraction of sp³-hybridized carbons (Fsp3) is 0.261. The minimum atomic E-state index is -0.901. The lowest BCUT2D eigenvalue weighted by Crippen LogP contribution is -2.41. The van der Waals surface area contributed by atoms with E-state index in [0.29, 0.717) is 11.7 Å². The van der Waals surface area contributed by atoms with Gasteiger partial charge in [0.05, 0.1) is 27.5 Å². The van der Waals surface area contributed by atoms with Crippen molar-refractivity contribution in [1.82, 2.24) is 15.3 Å². The Morgan fingerprint density at radius 2 is 1.88 bits per heavy atom. The fourth-order valence-electron chi connectivity index (χ4n) is 3.78. The van der Waals surface area contributed by atoms with E-state index in [-0.39, 0.29) is 26.9 Å². The van der Waals surface area contributed by atoms with Crippen LogP contribution < -0.4 is 15.5 Å². The van der Waals surface area contributed by atoms with Gasteiger partial charge in [-0.1, -0.05) is 23.2 Å². The lowest BCUT2D eigenvalue weighted by Gasteiger charge is -2.32. The molecule has 3 aromatic rings. The zero-order chi connectivity index (χ0) is 23.5. The molecule has 1 amide bonds. The molecule has 1 saturated heterocycles. The van der Waals surface area contributed by atoms with Gasteiger partial charge in [0.25, 0.3) is 5.91 Å². The van der Waals surface area contributed by atoms with E-state index in [9.17, 15) is 14.0 Å². The third-order valence-corrected chi connectivity index (χ3v) is 6.29. The van der Waals surface area contributed by atoms with Gasteiger partial charge in [0.1, 0.15) is 11.5 Å². The molecule has 0 atom stereocenters. The van der Waals surface area contributed by atoms with Crippen LogP contribution in [0, 0.1) is 5.82 Å². The Morgan fingerprint density at radius 1 is 1.15 bits per heavy atom. The first-order chi connectivity index (χ1) is 15.8. The van der Waals surface area contributed by atoms with Crippen LogP contribution in [-0.4, -0.2) is 47.8 Å². The Hall–Kier alpha value is -2.94. The maximum absolute atomic E-state index is 14.3. The summed E-state index contributed by atoms with van der Waals surface area (Å²) in [5.41, 5.74) is 0.384. The molecule has 1 aliphatic heterocycles. The number of amides is 1. The summed E-state index contributed by atoms with van der Waals surface area (Å²) in [5, 5.41) is 5.81. The number of aromatic amines is 1. The topological polar surface area (TPSA) is 90.1 Å². The molecule has 0 saturated carbocycles. The van der Waals surface area contributed by atoms with Crippen LogP contribution in [0.25, 0.3) is 0 Å². The number of piperidine rings is 1. The zero-order valence-corrected chi connectivity index (χ0v) is 19.3. The van der Waals surface area contributed by atoms with Crippen LogP contribution in [0.3, 0.4) is 0 Å². The van der Waals surface area contributed by atoms with Crippen LogP contribution >= 0.6 is 23.2 Å². The number of hydrogen-bond donors (Lipinski definition) is 3. The largest absolute Gasteiger partial charge is 0.357 e. The summed E-state index contributed by atoms with van der Waals surface area (Å²) in [4.78, 5) is 34.7. The molecule has 33 heavy (non-hydrogen) atoms. The molecule has 1 aliphatic rings. The third-order valence-electron chi connectivity index (χ3n) is 5.68. The minimum Gasteiger partial charge on any atom is -0.357 e. The highest BCUT2D eigenvalue weighted by atomic mass is 35.5. The van der Waals surface area contributed by atoms with Crippen molar-refractivity contribution in [1.29, 1.82) is 0 Å². The molecule has 0 aliphatic carbocycles. The number of anilines is 2. The molecule has 4 rings (SSSR count). The maximum atomic E-state index is 14.3. The average molecular weight is 490 g/mol. The normalized spacial score (nSPS) is 14.2. The number of H-pyrrole nitrogens is 1. The number of nitrogens with one attached hydrogen (secondary N) is 3. The van der Waals surface area contributed by atoms with E-state index in [4.69, 9.17) is 23.2 Å². The van der Waals surface area contributed by atoms with Gasteiger partial charge in [-0.3, -0.25) is 9.59 Å². The Morgan fingerprint density at radius 3 is 2.58 bits per heavy atom. The summed E-state index contributed by atoms with van der Waals surface area (Å²) in [7, 11) is 2.02. The van der Waals surface area contributed by atoms with E-state index in [0.717, 1.165) is 31.7 Å². The SMILES string of the molecule is CN(c1ccc(NC(=O)c2cc(C(=O)c3c(Cl)ccc(Cl)c3F)c[nH]2)cn1)C1CCNCC1. The number of nitrogens with zero attached hydrogens (tertiary/aromatic N) is 2. The predicted molar refractivity (Wildman–Crippen MR) is 127 cm³/mol. The second-order valence-corrected chi connectivity index (χ2v) is 8.62. The number of pyridine rings is 1. The quantitative estimate of drug-likeness (QED) is 0.349. The minimum absolute atomic E-state index is 0.0604. The van der Waals surface area contributed by atoms with Crippen molar-refractivity contribution in [3.05, 3.63) is 75.4 Å². The van der Waals surface area contributed by atoms with Crippen LogP contribution in [0.5, 0.6) is 0 Å². The molecular weight excluding hydrogens is 468 g/mol. The van der Waals surface area contributed by atoms with Gasteiger partial charge in [0.15, 0.2) is 11.6 Å². The highest BCUT2D eigenvalue weighted by molar-refractivity contribution is 6.37. The monoisotopic (exact) mass is 489 g/mol. The number of benzene rings is 1. The molecule has 10 heteroatoms. The number of aromatic nitrogens is 2. The highest BCUT2D eigenvalue weighted by Crippen LogP contribution is 2.28. The zero-order valence-electron chi connectivity index (χ0n) is 17.8. The Bertz CT molecular complexity index is 1180. The van der Waals surface area contributed by atoms with Crippen molar-refractivity contribution >= 4 is 46.4 Å². The van der Waals surface area contributed by atoms with Gasteiger partial charge in [-0.25, -0.2) is 9.37 Å². The summed E-state index contributed by atoms with van der Waals surface area (Å²) < 4.78 is 14.3. The summed E-state index contributed by atoms with van der Waals surface area (Å²) in [5.74, 6) is -1.22. The number of hydrogen-bond acceptors (Lipinski definition) is 5. The first-order valence-electron chi connectivity index (χ1n) is 10.4. The van der Waals surface area contributed by atoms with Gasteiger partial charge in [-0.15, -0.1) is 0 Å². The third kappa shape index (κ3) is 5.03. The number of rotatable bonds is 6. The van der Waals surface area contributed by atoms with Crippen LogP contribution in [-0.2, 0) is 0 Å². The van der Waals surface area contributed by atoms with Gasteiger partial charge in [-0.2, -0.15) is 0 Å². The molecule has 0 bridgehead atoms. The summed E-state index contributed by atoms with van der Waals surface area (Å²) in [6.45, 7) is 1.97. The van der Waals surface area contributed by atoms with Crippen molar-refractivity contribution in [3.8, 4) is 0 Å². The lowest BCUT2D eigenvalue weighted by atomic mass is 10.0. The van der Waals surface area contributed by atoms with E-state index < -0.39 is 17.5 Å². The second kappa shape index (κ2) is 9.91. The maximum Gasteiger partial charge on any atom is 0.272 e. The average Bonchev–Trinajstić information content (AvgIpc) is 3.33. The molecule has 7 nitrogen and oxygen atoms in total. The molecule has 1 fully saturated rings. The summed E-state index contributed by atoms with van der Waals surface area (Å²) >= 11 is 11.8. The van der Waals surface area contributed by atoms with E-state index >= 15 is 0 Å². The molecule has 2 aromatic heterocycles. The number of carbonyl (C=O) groups excluding carboxylic acids is 2. The van der Waals surface area contributed by atoms with Gasteiger partial charge in [0, 0.05) is 24.8 Å². The van der Waals surface area contributed by atoms with Gasteiger partial charge >= 0.3 is 0 Å². The van der Waals surface area contributed by atoms with Gasteiger partial charge in [0.2, 0.25) is 0 Å². The molecule has 3 N–H and O–H groups in total. The molecule has 0 spiro atoms. The standard InChI is InChI=1S/C23H22Cl2FN5O2/c1-31(15-6-8-27-9-7-15)19-5-2-14(12-29-19)30-23(33)18-10-13(11-28-18)22(32)20-16(24)3-4-17(25)21(20)26/h2-5,10-12,15,27-28H,6-9H2,1H3,(H,30,33). The molecule has 172 valence electrons. The Balaban J connectivity index is 1.44. The van der Waals surface area contributed by atoms with Crippen molar-refractivity contribution < 1.29 is 14.0 Å². The van der Waals surface area contributed by atoms with E-state index in [1.165, 1.54) is 24.4 Å². The van der Waals surface area contributed by atoms with Crippen molar-refractivity contribution in [3.63, 3.8) is 0 Å². The Labute approximate surface area is 200 Å². The van der Waals surface area contributed by atoms with Gasteiger partial charge < -0.3 is 20.5 Å². The number of halogens is 3. The number of ketones is 1. The highest BCUT2D eigenvalue weighted by Gasteiger charge is 2.23. The number of carbonyl (C=O) groups is 2. The molecular formula is C23H22Cl2FN5O2. The second-order valence-electron chi connectivity index (χ2n) is 7.80. The summed E-state index contributed by atoms with van der Waals surface area (Å²) in [6, 6.07) is 8.00. The first kappa shape index (κ1) is 23.2. The van der Waals surface area contributed by atoms with Crippen LogP contribution in [0.4, 0.5) is 15.9 Å². The van der Waals surface area contributed by atoms with Crippen molar-refractivity contribution in [2.24, 2.45) is 0 Å². The van der Waals surface area contributed by atoms with Gasteiger partial charge in [-0.05, 0) is 56.3 Å².